The van der Waals surface area contributed by atoms with Gasteiger partial charge < -0.3 is 14.7 Å². The normalized spacial score (nSPS) is 10.3. The average molecular weight is 294 g/mol. The van der Waals surface area contributed by atoms with E-state index in [2.05, 4.69) is 0 Å². The zero-order chi connectivity index (χ0) is 16.0. The third-order valence-electron chi connectivity index (χ3n) is 3.18. The Morgan fingerprint density at radius 2 is 1.81 bits per heavy atom. The number of anilines is 1. The third kappa shape index (κ3) is 4.66. The molecular weight excluding hydrogens is 272 g/mol. The molecular formula is C15H22N2O4. The molecule has 0 spiro atoms. The molecule has 0 aliphatic carbocycles. The van der Waals surface area contributed by atoms with Crippen LogP contribution in [0.25, 0.3) is 0 Å². The van der Waals surface area contributed by atoms with Gasteiger partial charge in [0.15, 0.2) is 0 Å². The number of carboxylic acids is 1. The van der Waals surface area contributed by atoms with Crippen molar-refractivity contribution in [2.45, 2.75) is 26.3 Å². The summed E-state index contributed by atoms with van der Waals surface area (Å²) in [6.07, 6.45) is -0.0691. The first-order valence-electron chi connectivity index (χ1n) is 6.77. The highest BCUT2D eigenvalue weighted by atomic mass is 16.5. The third-order valence-corrected chi connectivity index (χ3v) is 3.18. The second-order valence-electron chi connectivity index (χ2n) is 4.97. The van der Waals surface area contributed by atoms with E-state index in [9.17, 15) is 9.59 Å². The summed E-state index contributed by atoms with van der Waals surface area (Å²) in [6.45, 7) is 3.91. The second-order valence-corrected chi connectivity index (χ2v) is 4.97. The number of benzene rings is 1. The van der Waals surface area contributed by atoms with Crippen molar-refractivity contribution in [1.82, 2.24) is 4.90 Å². The van der Waals surface area contributed by atoms with Crippen LogP contribution < -0.4 is 9.64 Å². The molecule has 0 atom stereocenters. The fraction of sp³-hybridized carbons (Fsp3) is 0.467. The Bertz CT molecular complexity index is 485. The number of ether oxygens (including phenoxy) is 1. The zero-order valence-electron chi connectivity index (χ0n) is 12.9. The first-order valence-corrected chi connectivity index (χ1v) is 6.77. The van der Waals surface area contributed by atoms with Crippen molar-refractivity contribution in [3.8, 4) is 5.75 Å². The number of hydrogen-bond acceptors (Lipinski definition) is 3. The molecule has 1 N–H and O–H groups in total. The van der Waals surface area contributed by atoms with E-state index in [0.29, 0.717) is 5.75 Å². The molecule has 1 rings (SSSR count). The Kier molecular flexibility index (Phi) is 6.02. The molecule has 0 bridgehead atoms. The molecule has 6 heteroatoms. The van der Waals surface area contributed by atoms with Gasteiger partial charge in [0.2, 0.25) is 0 Å². The number of nitrogens with zero attached hydrogens (tertiary/aromatic N) is 2. The lowest BCUT2D eigenvalue weighted by Crippen LogP contribution is -2.45. The molecule has 0 aliphatic rings. The Balaban J connectivity index is 2.83. The van der Waals surface area contributed by atoms with Crippen molar-refractivity contribution in [3.05, 3.63) is 24.3 Å². The first kappa shape index (κ1) is 16.8. The molecule has 6 nitrogen and oxygen atoms in total. The minimum absolute atomic E-state index is 0.0691. The van der Waals surface area contributed by atoms with Gasteiger partial charge >= 0.3 is 12.0 Å². The maximum absolute atomic E-state index is 12.5. The fourth-order valence-corrected chi connectivity index (χ4v) is 1.90. The van der Waals surface area contributed by atoms with Gasteiger partial charge in [-0.2, -0.15) is 0 Å². The lowest BCUT2D eigenvalue weighted by molar-refractivity contribution is -0.137. The van der Waals surface area contributed by atoms with E-state index in [0.717, 1.165) is 5.69 Å². The van der Waals surface area contributed by atoms with Gasteiger partial charge in [-0.1, -0.05) is 0 Å². The molecule has 0 radical (unpaired) electrons. The van der Waals surface area contributed by atoms with Crippen LogP contribution >= 0.6 is 0 Å². The van der Waals surface area contributed by atoms with E-state index in [4.69, 9.17) is 9.84 Å². The summed E-state index contributed by atoms with van der Waals surface area (Å²) in [5.41, 5.74) is 0.724. The van der Waals surface area contributed by atoms with Gasteiger partial charge in [0.25, 0.3) is 0 Å². The van der Waals surface area contributed by atoms with E-state index in [1.807, 2.05) is 13.8 Å². The Morgan fingerprint density at radius 3 is 2.24 bits per heavy atom. The smallest absolute Gasteiger partial charge is 0.324 e. The van der Waals surface area contributed by atoms with E-state index in [-0.39, 0.29) is 25.0 Å². The van der Waals surface area contributed by atoms with Gasteiger partial charge in [-0.15, -0.1) is 0 Å². The maximum atomic E-state index is 12.5. The van der Waals surface area contributed by atoms with Crippen LogP contribution in [0.5, 0.6) is 5.75 Å². The highest BCUT2D eigenvalue weighted by Gasteiger charge is 2.22. The summed E-state index contributed by atoms with van der Waals surface area (Å²) >= 11 is 0. The van der Waals surface area contributed by atoms with Gasteiger partial charge in [0.1, 0.15) is 5.75 Å². The molecule has 21 heavy (non-hydrogen) atoms. The molecule has 1 aromatic carbocycles. The number of carbonyl (C=O) groups excluding carboxylic acids is 1. The summed E-state index contributed by atoms with van der Waals surface area (Å²) in [5, 5.41) is 8.77. The van der Waals surface area contributed by atoms with E-state index in [1.165, 1.54) is 4.90 Å². The molecule has 0 fully saturated rings. The number of carboxylic acid groups (broad SMARTS) is 1. The van der Waals surface area contributed by atoms with Crippen LogP contribution in [0.4, 0.5) is 10.5 Å². The van der Waals surface area contributed by atoms with E-state index in [1.54, 1.807) is 43.3 Å². The topological polar surface area (TPSA) is 70.1 Å². The fourth-order valence-electron chi connectivity index (χ4n) is 1.90. The number of hydrogen-bond donors (Lipinski definition) is 1. The molecule has 0 aromatic heterocycles. The largest absolute Gasteiger partial charge is 0.497 e. The first-order chi connectivity index (χ1) is 9.86. The number of amides is 2. The van der Waals surface area contributed by atoms with Crippen molar-refractivity contribution in [1.29, 1.82) is 0 Å². The van der Waals surface area contributed by atoms with Crippen LogP contribution in [0, 0.1) is 0 Å². The van der Waals surface area contributed by atoms with Crippen LogP contribution in [0.15, 0.2) is 24.3 Å². The van der Waals surface area contributed by atoms with Crippen LogP contribution in [0.2, 0.25) is 0 Å². The maximum Gasteiger partial charge on any atom is 0.324 e. The molecule has 0 saturated heterocycles. The van der Waals surface area contributed by atoms with Crippen molar-refractivity contribution in [2.24, 2.45) is 0 Å². The quantitative estimate of drug-likeness (QED) is 0.875. The lowest BCUT2D eigenvalue weighted by Gasteiger charge is -2.31. The average Bonchev–Trinajstić information content (AvgIpc) is 2.45. The number of aliphatic carboxylic acids is 1. The summed E-state index contributed by atoms with van der Waals surface area (Å²) in [7, 11) is 3.25. The summed E-state index contributed by atoms with van der Waals surface area (Å²) in [4.78, 5) is 26.2. The summed E-state index contributed by atoms with van der Waals surface area (Å²) in [6, 6.07) is 6.82. The monoisotopic (exact) mass is 294 g/mol. The minimum atomic E-state index is -0.916. The second kappa shape index (κ2) is 7.52. The van der Waals surface area contributed by atoms with Crippen LogP contribution in [0.3, 0.4) is 0 Å². The predicted octanol–water partition coefficient (Wildman–Crippen LogP) is 2.44. The predicted molar refractivity (Wildman–Crippen MR) is 80.9 cm³/mol. The van der Waals surface area contributed by atoms with Crippen molar-refractivity contribution >= 4 is 17.7 Å². The molecule has 116 valence electrons. The lowest BCUT2D eigenvalue weighted by atomic mass is 10.2. The molecule has 0 heterocycles. The summed E-state index contributed by atoms with van der Waals surface area (Å²) < 4.78 is 5.08. The molecule has 2 amide bonds. The highest BCUT2D eigenvalue weighted by molar-refractivity contribution is 5.91. The number of methoxy groups -OCH3 is 1. The van der Waals surface area contributed by atoms with Gasteiger partial charge in [0.05, 0.1) is 13.5 Å². The molecule has 0 aliphatic heterocycles. The van der Waals surface area contributed by atoms with Gasteiger partial charge in [-0.05, 0) is 38.1 Å². The highest BCUT2D eigenvalue weighted by Crippen LogP contribution is 2.19. The van der Waals surface area contributed by atoms with Gasteiger partial charge in [-0.25, -0.2) is 4.79 Å². The van der Waals surface area contributed by atoms with E-state index < -0.39 is 5.97 Å². The Labute approximate surface area is 124 Å². The summed E-state index contributed by atoms with van der Waals surface area (Å²) in [5.74, 6) is -0.202. The van der Waals surface area contributed by atoms with Crippen LogP contribution in [-0.4, -0.2) is 48.8 Å². The van der Waals surface area contributed by atoms with Crippen LogP contribution in [-0.2, 0) is 4.79 Å². The molecule has 0 unspecified atom stereocenters. The standard InChI is InChI=1S/C15H22N2O4/c1-11(2)17(10-9-14(18)19)15(20)16(3)12-5-7-13(21-4)8-6-12/h5-8,11H,9-10H2,1-4H3,(H,18,19). The Morgan fingerprint density at radius 1 is 1.24 bits per heavy atom. The molecule has 1 aromatic rings. The molecule has 0 saturated carbocycles. The number of urea groups is 1. The van der Waals surface area contributed by atoms with Crippen molar-refractivity contribution in [3.63, 3.8) is 0 Å². The zero-order valence-corrected chi connectivity index (χ0v) is 12.9. The minimum Gasteiger partial charge on any atom is -0.497 e. The SMILES string of the molecule is COc1ccc(N(C)C(=O)N(CCC(=O)O)C(C)C)cc1. The van der Waals surface area contributed by atoms with Crippen LogP contribution in [0.1, 0.15) is 20.3 Å². The van der Waals surface area contributed by atoms with E-state index >= 15 is 0 Å². The number of rotatable bonds is 6. The van der Waals surface area contributed by atoms with Gasteiger partial charge in [0, 0.05) is 25.3 Å². The van der Waals surface area contributed by atoms with Crippen molar-refractivity contribution in [2.75, 3.05) is 25.6 Å². The number of carbonyl (C=O) groups is 2. The Hall–Kier alpha value is -2.24. The van der Waals surface area contributed by atoms with Crippen molar-refractivity contribution < 1.29 is 19.4 Å². The van der Waals surface area contributed by atoms with Gasteiger partial charge in [-0.3, -0.25) is 9.69 Å².